The number of hydrogen-bond donors (Lipinski definition) is 0. The van der Waals surface area contributed by atoms with E-state index in [1.54, 1.807) is 48.5 Å². The molecule has 1 heterocycles. The zero-order valence-corrected chi connectivity index (χ0v) is 20.2. The molecule has 0 atom stereocenters. The number of carbonyl (C=O) groups excluding carboxylic acids is 2. The number of hydrogen-bond acceptors (Lipinski definition) is 5. The molecule has 37 heavy (non-hydrogen) atoms. The van der Waals surface area contributed by atoms with Crippen molar-refractivity contribution in [3.63, 3.8) is 0 Å². The van der Waals surface area contributed by atoms with Crippen molar-refractivity contribution < 1.29 is 23.5 Å². The third-order valence-electron chi connectivity index (χ3n) is 5.76. The second kappa shape index (κ2) is 10.8. The third kappa shape index (κ3) is 5.36. The standard InChI is InChI=1S/C32H24O5/c1-2-35-25-17-19-29-27(21-25)30(31(37-29)24-13-7-4-8-14-24)32(34)36-26-15-9-10-22(20-26)16-18-28(33)23-11-5-3-6-12-23/h3-21H,2H2,1H3/b18-16+. The Morgan fingerprint density at radius 1 is 0.811 bits per heavy atom. The molecule has 4 aromatic carbocycles. The van der Waals surface area contributed by atoms with E-state index in [-0.39, 0.29) is 5.78 Å². The number of ketones is 1. The molecular formula is C32H24O5. The quantitative estimate of drug-likeness (QED) is 0.0973. The molecule has 0 saturated heterocycles. The van der Waals surface area contributed by atoms with Gasteiger partial charge in [0.2, 0.25) is 0 Å². The van der Waals surface area contributed by atoms with Crippen LogP contribution in [0, 0.1) is 0 Å². The lowest BCUT2D eigenvalue weighted by molar-refractivity contribution is 0.0736. The van der Waals surface area contributed by atoms with Gasteiger partial charge >= 0.3 is 5.97 Å². The fourth-order valence-corrected chi connectivity index (χ4v) is 4.04. The Morgan fingerprint density at radius 3 is 2.32 bits per heavy atom. The van der Waals surface area contributed by atoms with Crippen LogP contribution >= 0.6 is 0 Å². The predicted molar refractivity (Wildman–Crippen MR) is 144 cm³/mol. The van der Waals surface area contributed by atoms with Crippen molar-refractivity contribution in [2.75, 3.05) is 6.61 Å². The fraction of sp³-hybridized carbons (Fsp3) is 0.0625. The topological polar surface area (TPSA) is 65.7 Å². The van der Waals surface area contributed by atoms with E-state index in [0.717, 1.165) is 11.1 Å². The van der Waals surface area contributed by atoms with Crippen LogP contribution in [-0.4, -0.2) is 18.4 Å². The highest BCUT2D eigenvalue weighted by Gasteiger charge is 2.24. The van der Waals surface area contributed by atoms with Crippen LogP contribution in [0.3, 0.4) is 0 Å². The van der Waals surface area contributed by atoms with E-state index in [1.807, 2.05) is 67.6 Å². The smallest absolute Gasteiger partial charge is 0.348 e. The molecule has 0 fully saturated rings. The minimum atomic E-state index is -0.548. The summed E-state index contributed by atoms with van der Waals surface area (Å²) in [5.41, 5.74) is 2.98. The number of esters is 1. The molecule has 0 radical (unpaired) electrons. The van der Waals surface area contributed by atoms with Crippen LogP contribution in [0.5, 0.6) is 11.5 Å². The fourth-order valence-electron chi connectivity index (χ4n) is 4.04. The maximum Gasteiger partial charge on any atom is 0.348 e. The first-order chi connectivity index (χ1) is 18.1. The number of carbonyl (C=O) groups is 2. The summed E-state index contributed by atoms with van der Waals surface area (Å²) in [5, 5.41) is 0.610. The lowest BCUT2D eigenvalue weighted by Gasteiger charge is -2.07. The van der Waals surface area contributed by atoms with Gasteiger partial charge in [-0.2, -0.15) is 0 Å². The Morgan fingerprint density at radius 2 is 1.57 bits per heavy atom. The molecule has 5 rings (SSSR count). The van der Waals surface area contributed by atoms with Crippen molar-refractivity contribution in [2.24, 2.45) is 0 Å². The molecule has 0 aliphatic carbocycles. The van der Waals surface area contributed by atoms with Gasteiger partial charge in [0.15, 0.2) is 5.78 Å². The van der Waals surface area contributed by atoms with E-state index in [1.165, 1.54) is 6.08 Å². The Bertz CT molecular complexity index is 1580. The van der Waals surface area contributed by atoms with Gasteiger partial charge in [-0.1, -0.05) is 78.9 Å². The highest BCUT2D eigenvalue weighted by Crippen LogP contribution is 2.36. The summed E-state index contributed by atoms with van der Waals surface area (Å²) in [5.74, 6) is 0.769. The second-order valence-electron chi connectivity index (χ2n) is 8.29. The number of rotatable bonds is 8. The molecule has 0 unspecified atom stereocenters. The highest BCUT2D eigenvalue weighted by atomic mass is 16.5. The molecule has 0 aliphatic heterocycles. The van der Waals surface area contributed by atoms with Crippen LogP contribution in [-0.2, 0) is 0 Å². The molecule has 0 N–H and O–H groups in total. The molecule has 0 spiro atoms. The Balaban J connectivity index is 1.46. The number of benzene rings is 4. The van der Waals surface area contributed by atoms with Crippen molar-refractivity contribution in [3.8, 4) is 22.8 Å². The van der Waals surface area contributed by atoms with E-state index in [9.17, 15) is 9.59 Å². The number of allylic oxidation sites excluding steroid dienone is 1. The first-order valence-electron chi connectivity index (χ1n) is 12.0. The molecule has 182 valence electrons. The maximum atomic E-state index is 13.5. The average molecular weight is 489 g/mol. The molecule has 5 nitrogen and oxygen atoms in total. The zero-order valence-electron chi connectivity index (χ0n) is 20.2. The minimum absolute atomic E-state index is 0.106. The van der Waals surface area contributed by atoms with Crippen LogP contribution in [0.25, 0.3) is 28.4 Å². The largest absolute Gasteiger partial charge is 0.494 e. The SMILES string of the molecule is CCOc1ccc2oc(-c3ccccc3)c(C(=O)Oc3cccc(/C=C/C(=O)c4ccccc4)c3)c2c1. The summed E-state index contributed by atoms with van der Waals surface area (Å²) in [4.78, 5) is 25.9. The lowest BCUT2D eigenvalue weighted by Crippen LogP contribution is -2.09. The van der Waals surface area contributed by atoms with Crippen molar-refractivity contribution in [3.05, 3.63) is 126 Å². The monoisotopic (exact) mass is 488 g/mol. The second-order valence-corrected chi connectivity index (χ2v) is 8.29. The Hall–Kier alpha value is -4.90. The van der Waals surface area contributed by atoms with E-state index >= 15 is 0 Å². The van der Waals surface area contributed by atoms with Crippen molar-refractivity contribution in [1.82, 2.24) is 0 Å². The van der Waals surface area contributed by atoms with Gasteiger partial charge in [-0.15, -0.1) is 0 Å². The first-order valence-corrected chi connectivity index (χ1v) is 12.0. The van der Waals surface area contributed by atoms with Crippen molar-refractivity contribution in [1.29, 1.82) is 0 Å². The van der Waals surface area contributed by atoms with Gasteiger partial charge in [0.25, 0.3) is 0 Å². The highest BCUT2D eigenvalue weighted by molar-refractivity contribution is 6.10. The van der Waals surface area contributed by atoms with Gasteiger partial charge in [0, 0.05) is 16.5 Å². The van der Waals surface area contributed by atoms with Gasteiger partial charge in [0.05, 0.1) is 6.61 Å². The first kappa shape index (κ1) is 23.8. The summed E-state index contributed by atoms with van der Waals surface area (Å²) in [6, 6.07) is 30.9. The normalized spacial score (nSPS) is 11.1. The molecule has 0 amide bonds. The van der Waals surface area contributed by atoms with Crippen LogP contribution in [0.15, 0.2) is 114 Å². The third-order valence-corrected chi connectivity index (χ3v) is 5.76. The summed E-state index contributed by atoms with van der Waals surface area (Å²) >= 11 is 0. The average Bonchev–Trinajstić information content (AvgIpc) is 3.32. The molecule has 0 bridgehead atoms. The predicted octanol–water partition coefficient (Wildman–Crippen LogP) is 7.61. The molecule has 1 aromatic heterocycles. The molecule has 0 aliphatic rings. The maximum absolute atomic E-state index is 13.5. The number of fused-ring (bicyclic) bond motifs is 1. The van der Waals surface area contributed by atoms with Gasteiger partial charge in [-0.05, 0) is 48.9 Å². The van der Waals surface area contributed by atoms with E-state index < -0.39 is 5.97 Å². The van der Waals surface area contributed by atoms with Crippen molar-refractivity contribution >= 4 is 28.8 Å². The summed E-state index contributed by atoms with van der Waals surface area (Å²) in [6.07, 6.45) is 3.20. The molecule has 5 heteroatoms. The van der Waals surface area contributed by atoms with Crippen LogP contribution in [0.1, 0.15) is 33.2 Å². The molecule has 0 saturated carbocycles. The zero-order chi connectivity index (χ0) is 25.6. The van der Waals surface area contributed by atoms with Crippen molar-refractivity contribution in [2.45, 2.75) is 6.92 Å². The Kier molecular flexibility index (Phi) is 6.95. The van der Waals surface area contributed by atoms with E-state index in [2.05, 4.69) is 0 Å². The van der Waals surface area contributed by atoms with Gasteiger partial charge in [-0.3, -0.25) is 4.79 Å². The van der Waals surface area contributed by atoms with Crippen LogP contribution < -0.4 is 9.47 Å². The van der Waals surface area contributed by atoms with Crippen LogP contribution in [0.2, 0.25) is 0 Å². The van der Waals surface area contributed by atoms with Gasteiger partial charge in [0.1, 0.15) is 28.4 Å². The van der Waals surface area contributed by atoms with E-state index in [4.69, 9.17) is 13.9 Å². The van der Waals surface area contributed by atoms with Gasteiger partial charge < -0.3 is 13.9 Å². The minimum Gasteiger partial charge on any atom is -0.494 e. The van der Waals surface area contributed by atoms with Crippen LogP contribution in [0.4, 0.5) is 0 Å². The number of ether oxygens (including phenoxy) is 2. The summed E-state index contributed by atoms with van der Waals surface area (Å²) in [6.45, 7) is 2.40. The summed E-state index contributed by atoms with van der Waals surface area (Å²) < 4.78 is 17.6. The van der Waals surface area contributed by atoms with E-state index in [0.29, 0.717) is 46.0 Å². The molecular weight excluding hydrogens is 464 g/mol. The summed E-state index contributed by atoms with van der Waals surface area (Å²) in [7, 11) is 0. The lowest BCUT2D eigenvalue weighted by atomic mass is 10.1. The van der Waals surface area contributed by atoms with Gasteiger partial charge in [-0.25, -0.2) is 4.79 Å². The molecule has 5 aromatic rings. The number of furan rings is 1. The Labute approximate surface area is 214 Å².